The Morgan fingerprint density at radius 3 is 2.18 bits per heavy atom. The number of thiazole rings is 1. The fourth-order valence-electron chi connectivity index (χ4n) is 7.73. The van der Waals surface area contributed by atoms with E-state index < -0.39 is 35.1 Å². The zero-order chi connectivity index (χ0) is 40.3. The minimum absolute atomic E-state index is 0.00161. The minimum atomic E-state index is -0.916. The second-order valence-corrected chi connectivity index (χ2v) is 18.7. The number of nitrogens with one attached hydrogen (secondary N) is 2. The van der Waals surface area contributed by atoms with Crippen LogP contribution in [0.15, 0.2) is 29.8 Å². The van der Waals surface area contributed by atoms with Gasteiger partial charge in [-0.25, -0.2) is 9.78 Å². The number of ether oxygens (including phenoxy) is 1. The Kier molecular flexibility index (Phi) is 13.0. The number of β-amino-alcohol motifs (C(OH)–C–C–N with tert-alkyl or cyclic N) is 1. The third-order valence-electron chi connectivity index (χ3n) is 11.0. The van der Waals surface area contributed by atoms with Gasteiger partial charge < -0.3 is 35.2 Å². The van der Waals surface area contributed by atoms with Gasteiger partial charge in [0, 0.05) is 57.4 Å². The van der Waals surface area contributed by atoms with Gasteiger partial charge in [-0.3, -0.25) is 19.2 Å². The van der Waals surface area contributed by atoms with Crippen LogP contribution in [-0.2, 0) is 23.9 Å². The maximum atomic E-state index is 14.0. The van der Waals surface area contributed by atoms with E-state index in [1.54, 1.807) is 16.2 Å². The summed E-state index contributed by atoms with van der Waals surface area (Å²) in [6.07, 6.45) is 2.17. The van der Waals surface area contributed by atoms with Crippen LogP contribution in [0, 0.1) is 17.8 Å². The van der Waals surface area contributed by atoms with Crippen molar-refractivity contribution in [1.29, 1.82) is 0 Å². The van der Waals surface area contributed by atoms with Crippen LogP contribution in [0.2, 0.25) is 0 Å². The number of unbranched alkanes of at least 4 members (excludes halogenated alkanes) is 1. The van der Waals surface area contributed by atoms with Gasteiger partial charge in [-0.2, -0.15) is 0 Å². The summed E-state index contributed by atoms with van der Waals surface area (Å²) < 4.78 is 5.48. The standard InChI is InChI=1S/C41H60N6O7S/c1-26(28-13-15-29(16-14-28)34-27(2)42-25-55-34)43-36(51)31-21-30(48)22-47(31)37(52)35(39(3,4)5)44-32(49)11-9-10-12-33(50)45-19-17-41(18-20-45)23-46(24-41)38(53)54-40(6,7)8/h13-16,25-26,30-31,35,48H,9-12,17-24H2,1-8H3,(H,43,51)(H,44,49)/t26-,30+,31-,35+/m0/s1. The molecule has 1 spiro atoms. The van der Waals surface area contributed by atoms with Crippen molar-refractivity contribution < 1.29 is 33.8 Å². The number of aryl methyl sites for hydroxylation is 1. The normalized spacial score (nSPS) is 20.8. The molecule has 5 rings (SSSR count). The zero-order valence-electron chi connectivity index (χ0n) is 33.8. The number of likely N-dealkylation sites (tertiary alicyclic amines) is 3. The smallest absolute Gasteiger partial charge is 0.410 e. The van der Waals surface area contributed by atoms with Crippen molar-refractivity contribution >= 4 is 41.1 Å². The van der Waals surface area contributed by atoms with Gasteiger partial charge >= 0.3 is 6.09 Å². The van der Waals surface area contributed by atoms with Crippen LogP contribution < -0.4 is 10.6 Å². The van der Waals surface area contributed by atoms with Crippen LogP contribution in [0.4, 0.5) is 4.79 Å². The number of hydrogen-bond acceptors (Lipinski definition) is 9. The Hall–Kier alpha value is -4.04. The van der Waals surface area contributed by atoms with Crippen molar-refractivity contribution in [2.75, 3.05) is 32.7 Å². The molecule has 3 aliphatic rings. The number of benzene rings is 1. The third kappa shape index (κ3) is 10.6. The molecule has 0 aliphatic carbocycles. The number of amides is 5. The van der Waals surface area contributed by atoms with E-state index in [1.165, 1.54) is 4.90 Å². The van der Waals surface area contributed by atoms with Gasteiger partial charge in [-0.1, -0.05) is 45.0 Å². The largest absolute Gasteiger partial charge is 0.444 e. The van der Waals surface area contributed by atoms with Gasteiger partial charge in [0.15, 0.2) is 0 Å². The Morgan fingerprint density at radius 2 is 1.60 bits per heavy atom. The second-order valence-electron chi connectivity index (χ2n) is 17.8. The van der Waals surface area contributed by atoms with E-state index in [-0.39, 0.29) is 54.7 Å². The van der Waals surface area contributed by atoms with E-state index in [9.17, 15) is 29.1 Å². The number of carbonyl (C=O) groups is 5. The highest BCUT2D eigenvalue weighted by molar-refractivity contribution is 7.13. The van der Waals surface area contributed by atoms with Crippen LogP contribution in [-0.4, -0.2) is 111 Å². The Balaban J connectivity index is 1.06. The van der Waals surface area contributed by atoms with E-state index in [0.717, 1.165) is 34.5 Å². The summed E-state index contributed by atoms with van der Waals surface area (Å²) >= 11 is 1.58. The highest BCUT2D eigenvalue weighted by Gasteiger charge is 2.48. The maximum absolute atomic E-state index is 14.0. The van der Waals surface area contributed by atoms with Crippen molar-refractivity contribution in [2.45, 2.75) is 130 Å². The molecule has 14 heteroatoms. The third-order valence-corrected chi connectivity index (χ3v) is 12.0. The van der Waals surface area contributed by atoms with E-state index >= 15 is 0 Å². The summed E-state index contributed by atoms with van der Waals surface area (Å²) in [5, 5.41) is 16.5. The zero-order valence-corrected chi connectivity index (χ0v) is 34.6. The molecule has 3 fully saturated rings. The van der Waals surface area contributed by atoms with Crippen molar-refractivity contribution in [1.82, 2.24) is 30.3 Å². The van der Waals surface area contributed by atoms with Crippen molar-refractivity contribution in [2.24, 2.45) is 10.8 Å². The molecule has 4 heterocycles. The summed E-state index contributed by atoms with van der Waals surface area (Å²) in [6.45, 7) is 17.6. The fraction of sp³-hybridized carbons (Fsp3) is 0.659. The lowest BCUT2D eigenvalue weighted by molar-refractivity contribution is -0.144. The summed E-state index contributed by atoms with van der Waals surface area (Å²) in [7, 11) is 0. The molecule has 1 aromatic carbocycles. The first-order chi connectivity index (χ1) is 25.7. The SMILES string of the molecule is Cc1ncsc1-c1ccc([C@H](C)NC(=O)[C@@H]2C[C@@H](O)CN2C(=O)[C@@H](NC(=O)CCCCC(=O)N2CCC3(CC2)CN(C(=O)OC(C)(C)C)C3)C(C)(C)C)cc1. The number of aliphatic hydroxyl groups excluding tert-OH is 1. The molecule has 4 atom stereocenters. The number of aromatic nitrogens is 1. The molecule has 302 valence electrons. The Bertz CT molecular complexity index is 1700. The van der Waals surface area contributed by atoms with Gasteiger partial charge in [0.2, 0.25) is 23.6 Å². The first kappa shape index (κ1) is 42.1. The number of rotatable bonds is 11. The lowest BCUT2D eigenvalue weighted by Crippen LogP contribution is -2.62. The van der Waals surface area contributed by atoms with Crippen LogP contribution in [0.3, 0.4) is 0 Å². The molecule has 3 aliphatic heterocycles. The predicted molar refractivity (Wildman–Crippen MR) is 211 cm³/mol. The fourth-order valence-corrected chi connectivity index (χ4v) is 8.55. The van der Waals surface area contributed by atoms with Gasteiger partial charge in [0.05, 0.1) is 28.2 Å². The summed E-state index contributed by atoms with van der Waals surface area (Å²) in [5.74, 6) is -1.00. The Labute approximate surface area is 329 Å². The molecular formula is C41H60N6O7S. The van der Waals surface area contributed by atoms with Crippen LogP contribution in [0.5, 0.6) is 0 Å². The number of piperidine rings is 1. The topological polar surface area (TPSA) is 161 Å². The van der Waals surface area contributed by atoms with Gasteiger partial charge in [-0.15, -0.1) is 11.3 Å². The van der Waals surface area contributed by atoms with Gasteiger partial charge in [-0.05, 0) is 76.8 Å². The first-order valence-corrected chi connectivity index (χ1v) is 20.5. The number of nitrogens with zero attached hydrogens (tertiary/aromatic N) is 4. The molecule has 2 aromatic rings. The van der Waals surface area contributed by atoms with Crippen molar-refractivity contribution in [3.05, 3.63) is 41.0 Å². The number of hydrogen-bond donors (Lipinski definition) is 3. The Morgan fingerprint density at radius 1 is 0.964 bits per heavy atom. The van der Waals surface area contributed by atoms with Crippen molar-refractivity contribution in [3.63, 3.8) is 0 Å². The molecule has 3 N–H and O–H groups in total. The predicted octanol–water partition coefficient (Wildman–Crippen LogP) is 5.21. The van der Waals surface area contributed by atoms with Gasteiger partial charge in [0.1, 0.15) is 17.7 Å². The molecule has 1 aromatic heterocycles. The molecule has 13 nitrogen and oxygen atoms in total. The lowest BCUT2D eigenvalue weighted by Gasteiger charge is -2.53. The average Bonchev–Trinajstić information content (AvgIpc) is 3.71. The van der Waals surface area contributed by atoms with Gasteiger partial charge in [0.25, 0.3) is 0 Å². The van der Waals surface area contributed by atoms with E-state index in [0.29, 0.717) is 45.4 Å². The van der Waals surface area contributed by atoms with E-state index in [4.69, 9.17) is 4.74 Å². The molecular weight excluding hydrogens is 721 g/mol. The molecule has 0 unspecified atom stereocenters. The number of aliphatic hydroxyl groups is 1. The van der Waals surface area contributed by atoms with Crippen LogP contribution in [0.1, 0.15) is 111 Å². The minimum Gasteiger partial charge on any atom is -0.444 e. The van der Waals surface area contributed by atoms with E-state index in [2.05, 4.69) is 15.6 Å². The molecule has 0 radical (unpaired) electrons. The number of carbonyl (C=O) groups excluding carboxylic acids is 5. The van der Waals surface area contributed by atoms with Crippen molar-refractivity contribution in [3.8, 4) is 10.4 Å². The molecule has 0 bridgehead atoms. The molecule has 0 saturated carbocycles. The van der Waals surface area contributed by atoms with Crippen LogP contribution >= 0.6 is 11.3 Å². The first-order valence-electron chi connectivity index (χ1n) is 19.6. The summed E-state index contributed by atoms with van der Waals surface area (Å²) in [4.78, 5) is 76.6. The van der Waals surface area contributed by atoms with E-state index in [1.807, 2.05) is 90.1 Å². The lowest BCUT2D eigenvalue weighted by atomic mass is 9.72. The molecule has 55 heavy (non-hydrogen) atoms. The second kappa shape index (κ2) is 17.0. The average molecular weight is 781 g/mol. The highest BCUT2D eigenvalue weighted by Crippen LogP contribution is 2.41. The molecule has 3 saturated heterocycles. The quantitative estimate of drug-likeness (QED) is 0.262. The highest BCUT2D eigenvalue weighted by atomic mass is 32.1. The summed E-state index contributed by atoms with van der Waals surface area (Å²) in [6, 6.07) is 5.81. The maximum Gasteiger partial charge on any atom is 0.410 e. The summed E-state index contributed by atoms with van der Waals surface area (Å²) in [5.41, 5.74) is 3.60. The molecule has 5 amide bonds. The monoisotopic (exact) mass is 780 g/mol. The van der Waals surface area contributed by atoms with Crippen LogP contribution in [0.25, 0.3) is 10.4 Å².